The van der Waals surface area contributed by atoms with Gasteiger partial charge < -0.3 is 5.11 Å². The van der Waals surface area contributed by atoms with E-state index < -0.39 is 12.3 Å². The molecule has 0 saturated heterocycles. The number of halogens is 1. The van der Waals surface area contributed by atoms with Gasteiger partial charge in [0, 0.05) is 12.8 Å². The third-order valence-electron chi connectivity index (χ3n) is 8.40. The SMILES string of the molecule is C=C1/C(=C\C=C2/CCC[C@@]3(C)C2CC[C@@H]3C(C)CCCC(C)C)C[C@@H](F)CC1O. The highest BCUT2D eigenvalue weighted by Gasteiger charge is 2.50. The van der Waals surface area contributed by atoms with Gasteiger partial charge >= 0.3 is 0 Å². The number of hydrogen-bond donors (Lipinski definition) is 1. The molecular formula is C27H43FO. The van der Waals surface area contributed by atoms with Gasteiger partial charge in [-0.1, -0.05) is 71.3 Å². The molecule has 3 fully saturated rings. The minimum absolute atomic E-state index is 0.198. The summed E-state index contributed by atoms with van der Waals surface area (Å²) in [4.78, 5) is 0. The highest BCUT2D eigenvalue weighted by molar-refractivity contribution is 5.38. The van der Waals surface area contributed by atoms with Crippen molar-refractivity contribution >= 4 is 0 Å². The molecule has 0 aliphatic heterocycles. The Morgan fingerprint density at radius 3 is 2.69 bits per heavy atom. The summed E-state index contributed by atoms with van der Waals surface area (Å²) in [5, 5.41) is 10.0. The van der Waals surface area contributed by atoms with Gasteiger partial charge in [-0.05, 0) is 72.3 Å². The summed E-state index contributed by atoms with van der Waals surface area (Å²) in [6, 6.07) is 0. The average molecular weight is 403 g/mol. The van der Waals surface area contributed by atoms with E-state index in [1.165, 1.54) is 51.4 Å². The molecule has 0 aromatic rings. The van der Waals surface area contributed by atoms with Gasteiger partial charge in [-0.2, -0.15) is 0 Å². The van der Waals surface area contributed by atoms with Crippen LogP contribution in [0.4, 0.5) is 4.39 Å². The zero-order chi connectivity index (χ0) is 21.2. The molecule has 29 heavy (non-hydrogen) atoms. The van der Waals surface area contributed by atoms with Gasteiger partial charge in [0.25, 0.3) is 0 Å². The molecule has 6 atom stereocenters. The number of aliphatic hydroxyl groups excluding tert-OH is 1. The molecule has 3 aliphatic rings. The maximum absolute atomic E-state index is 13.9. The lowest BCUT2D eigenvalue weighted by atomic mass is 9.60. The number of hydrogen-bond acceptors (Lipinski definition) is 1. The fraction of sp³-hybridized carbons (Fsp3) is 0.778. The fourth-order valence-corrected chi connectivity index (χ4v) is 6.70. The van der Waals surface area contributed by atoms with E-state index in [9.17, 15) is 9.50 Å². The van der Waals surface area contributed by atoms with Crippen molar-refractivity contribution in [3.63, 3.8) is 0 Å². The van der Waals surface area contributed by atoms with Crippen molar-refractivity contribution in [1.29, 1.82) is 0 Å². The molecule has 164 valence electrons. The van der Waals surface area contributed by atoms with Crippen molar-refractivity contribution < 1.29 is 9.50 Å². The molecule has 0 bridgehead atoms. The number of aliphatic hydroxyl groups is 1. The Hall–Kier alpha value is -0.890. The van der Waals surface area contributed by atoms with E-state index in [1.807, 2.05) is 0 Å². The van der Waals surface area contributed by atoms with Gasteiger partial charge in [-0.15, -0.1) is 0 Å². The van der Waals surface area contributed by atoms with Crippen LogP contribution in [-0.2, 0) is 0 Å². The second-order valence-electron chi connectivity index (χ2n) is 10.9. The van der Waals surface area contributed by atoms with Gasteiger partial charge in [0.2, 0.25) is 0 Å². The smallest absolute Gasteiger partial charge is 0.107 e. The molecule has 0 spiro atoms. The third-order valence-corrected chi connectivity index (χ3v) is 8.40. The highest BCUT2D eigenvalue weighted by Crippen LogP contribution is 2.59. The monoisotopic (exact) mass is 402 g/mol. The molecule has 3 saturated carbocycles. The van der Waals surface area contributed by atoms with Crippen LogP contribution in [0.15, 0.2) is 35.5 Å². The van der Waals surface area contributed by atoms with E-state index in [1.54, 1.807) is 5.57 Å². The molecule has 2 heteroatoms. The largest absolute Gasteiger partial charge is 0.388 e. The van der Waals surface area contributed by atoms with Gasteiger partial charge in [-0.25, -0.2) is 4.39 Å². The first kappa shape index (κ1) is 22.8. The Balaban J connectivity index is 1.71. The summed E-state index contributed by atoms with van der Waals surface area (Å²) in [5.41, 5.74) is 3.61. The zero-order valence-electron chi connectivity index (χ0n) is 19.2. The molecule has 0 heterocycles. The Morgan fingerprint density at radius 2 is 1.97 bits per heavy atom. The number of rotatable bonds is 6. The van der Waals surface area contributed by atoms with E-state index in [0.29, 0.717) is 17.8 Å². The molecule has 0 aromatic carbocycles. The predicted molar refractivity (Wildman–Crippen MR) is 121 cm³/mol. The van der Waals surface area contributed by atoms with E-state index in [4.69, 9.17) is 0 Å². The highest BCUT2D eigenvalue weighted by atomic mass is 19.1. The maximum Gasteiger partial charge on any atom is 0.107 e. The lowest BCUT2D eigenvalue weighted by Gasteiger charge is -2.44. The van der Waals surface area contributed by atoms with Crippen molar-refractivity contribution in [1.82, 2.24) is 0 Å². The first-order chi connectivity index (χ1) is 13.7. The second kappa shape index (κ2) is 9.50. The number of alkyl halides is 1. The van der Waals surface area contributed by atoms with Crippen molar-refractivity contribution in [3.05, 3.63) is 35.5 Å². The molecular weight excluding hydrogens is 359 g/mol. The normalized spacial score (nSPS) is 39.3. The van der Waals surface area contributed by atoms with Crippen LogP contribution in [0, 0.1) is 29.1 Å². The van der Waals surface area contributed by atoms with E-state index in [2.05, 4.69) is 46.4 Å². The maximum atomic E-state index is 13.9. The molecule has 1 nitrogen and oxygen atoms in total. The Bertz CT molecular complexity index is 645. The van der Waals surface area contributed by atoms with Crippen molar-refractivity contribution in [2.45, 2.75) is 104 Å². The standard InChI is InChI=1S/C27H43FO/c1-18(2)8-6-9-19(3)24-13-14-25-21(10-7-15-27(24,25)5)11-12-22-16-23(28)17-26(29)20(22)4/h11-12,18-19,23-26,29H,4,6-10,13-17H2,1-3,5H3/b21-11+,22-12-/t19?,23-,24-,25?,26?,27-/m1/s1. The van der Waals surface area contributed by atoms with E-state index >= 15 is 0 Å². The van der Waals surface area contributed by atoms with Gasteiger partial charge in [-0.3, -0.25) is 0 Å². The van der Waals surface area contributed by atoms with Crippen LogP contribution in [0.1, 0.15) is 91.9 Å². The van der Waals surface area contributed by atoms with Crippen LogP contribution >= 0.6 is 0 Å². The first-order valence-electron chi connectivity index (χ1n) is 12.1. The topological polar surface area (TPSA) is 20.2 Å². The predicted octanol–water partition coefficient (Wildman–Crippen LogP) is 7.57. The molecule has 0 aromatic heterocycles. The molecule has 3 unspecified atom stereocenters. The average Bonchev–Trinajstić information content (AvgIpc) is 3.00. The van der Waals surface area contributed by atoms with Crippen LogP contribution in [0.3, 0.4) is 0 Å². The minimum Gasteiger partial charge on any atom is -0.388 e. The van der Waals surface area contributed by atoms with E-state index in [0.717, 1.165) is 28.9 Å². The van der Waals surface area contributed by atoms with Crippen molar-refractivity contribution in [2.24, 2.45) is 29.1 Å². The third kappa shape index (κ3) is 5.06. The summed E-state index contributed by atoms with van der Waals surface area (Å²) in [6.07, 6.45) is 13.8. The molecule has 0 amide bonds. The molecule has 3 aliphatic carbocycles. The second-order valence-corrected chi connectivity index (χ2v) is 10.9. The lowest BCUT2D eigenvalue weighted by Crippen LogP contribution is -2.36. The molecule has 3 rings (SSSR count). The van der Waals surface area contributed by atoms with Crippen molar-refractivity contribution in [3.8, 4) is 0 Å². The minimum atomic E-state index is -0.945. The summed E-state index contributed by atoms with van der Waals surface area (Å²) < 4.78 is 13.9. The molecule has 0 radical (unpaired) electrons. The van der Waals surface area contributed by atoms with Gasteiger partial charge in [0.05, 0.1) is 6.10 Å². The van der Waals surface area contributed by atoms with Crippen molar-refractivity contribution in [2.75, 3.05) is 0 Å². The lowest BCUT2D eigenvalue weighted by molar-refractivity contribution is 0.0928. The fourth-order valence-electron chi connectivity index (χ4n) is 6.70. The number of allylic oxidation sites excluding steroid dienone is 3. The Labute approximate surface area is 178 Å². The first-order valence-corrected chi connectivity index (χ1v) is 12.1. The van der Waals surface area contributed by atoms with Crippen LogP contribution in [0.25, 0.3) is 0 Å². The van der Waals surface area contributed by atoms with Gasteiger partial charge in [0.1, 0.15) is 6.17 Å². The quantitative estimate of drug-likeness (QED) is 0.486. The Kier molecular flexibility index (Phi) is 7.46. The summed E-state index contributed by atoms with van der Waals surface area (Å²) in [5.74, 6) is 3.12. The zero-order valence-corrected chi connectivity index (χ0v) is 19.2. The Morgan fingerprint density at radius 1 is 1.21 bits per heavy atom. The summed E-state index contributed by atoms with van der Waals surface area (Å²) in [6.45, 7) is 13.7. The summed E-state index contributed by atoms with van der Waals surface area (Å²) >= 11 is 0. The van der Waals surface area contributed by atoms with Crippen LogP contribution < -0.4 is 0 Å². The number of fused-ring (bicyclic) bond motifs is 1. The van der Waals surface area contributed by atoms with E-state index in [-0.39, 0.29) is 6.42 Å². The van der Waals surface area contributed by atoms with Gasteiger partial charge in [0.15, 0.2) is 0 Å². The molecule has 1 N–H and O–H groups in total. The van der Waals surface area contributed by atoms with Crippen LogP contribution in [0.2, 0.25) is 0 Å². The van der Waals surface area contributed by atoms with Crippen LogP contribution in [0.5, 0.6) is 0 Å². The summed E-state index contributed by atoms with van der Waals surface area (Å²) in [7, 11) is 0. The van der Waals surface area contributed by atoms with Crippen LogP contribution in [-0.4, -0.2) is 17.4 Å².